The molecule has 0 radical (unpaired) electrons. The summed E-state index contributed by atoms with van der Waals surface area (Å²) < 4.78 is 68.3. The third-order valence-electron chi connectivity index (χ3n) is 5.57. The molecule has 0 aliphatic rings. The fourth-order valence-corrected chi connectivity index (χ4v) is 4.80. The summed E-state index contributed by atoms with van der Waals surface area (Å²) in [7, 11) is -3.98. The van der Waals surface area contributed by atoms with Gasteiger partial charge in [-0.15, -0.1) is 0 Å². The molecule has 2 aromatic carbocycles. The molecule has 204 valence electrons. The van der Waals surface area contributed by atoms with Crippen molar-refractivity contribution in [3.8, 4) is 5.75 Å². The summed E-state index contributed by atoms with van der Waals surface area (Å²) in [6.07, 6.45) is -1.29. The van der Waals surface area contributed by atoms with Gasteiger partial charge >= 0.3 is 11.9 Å². The number of carbonyl (C=O) groups excluding carboxylic acids is 2. The molecule has 12 heteroatoms. The number of carboxylic acid groups (broad SMARTS) is 1. The van der Waals surface area contributed by atoms with Crippen LogP contribution in [0.4, 0.5) is 8.78 Å². The lowest BCUT2D eigenvalue weighted by Crippen LogP contribution is -2.53. The molecule has 2 aromatic rings. The summed E-state index contributed by atoms with van der Waals surface area (Å²) in [6, 6.07) is 10.4. The maximum Gasteiger partial charge on any atom is 0.338 e. The molecule has 8 nitrogen and oxygen atoms in total. The Morgan fingerprint density at radius 2 is 1.68 bits per heavy atom. The van der Waals surface area contributed by atoms with Crippen LogP contribution in [-0.4, -0.2) is 45.6 Å². The van der Waals surface area contributed by atoms with Crippen molar-refractivity contribution in [2.75, 3.05) is 13.2 Å². The number of carbonyl (C=O) groups is 2. The van der Waals surface area contributed by atoms with E-state index in [9.17, 15) is 31.9 Å². The minimum absolute atomic E-state index is 0.0287. The second-order valence-electron chi connectivity index (χ2n) is 8.63. The first-order valence-corrected chi connectivity index (χ1v) is 13.9. The smallest absolute Gasteiger partial charge is 0.338 e. The van der Waals surface area contributed by atoms with E-state index in [0.29, 0.717) is 9.49 Å². The molecule has 0 amide bonds. The molecule has 2 atom stereocenters. The number of rotatable bonds is 13. The van der Waals surface area contributed by atoms with Crippen molar-refractivity contribution >= 4 is 44.6 Å². The summed E-state index contributed by atoms with van der Waals surface area (Å²) in [5, 5.41) is 10.8. The van der Waals surface area contributed by atoms with E-state index in [4.69, 9.17) is 13.7 Å². The molecule has 0 fully saturated rings. The van der Waals surface area contributed by atoms with E-state index in [0.717, 1.165) is 12.0 Å². The van der Waals surface area contributed by atoms with E-state index in [1.54, 1.807) is 12.1 Å². The molecule has 0 spiro atoms. The highest BCUT2D eigenvalue weighted by atomic mass is 127. The third-order valence-corrected chi connectivity index (χ3v) is 7.74. The number of alkyl halides is 2. The van der Waals surface area contributed by atoms with E-state index >= 15 is 0 Å². The van der Waals surface area contributed by atoms with Crippen LogP contribution in [0.25, 0.3) is 0 Å². The topological polar surface area (TPSA) is 119 Å². The van der Waals surface area contributed by atoms with Crippen LogP contribution >= 0.6 is 22.6 Å². The number of aliphatic carboxylic acids is 1. The highest BCUT2D eigenvalue weighted by molar-refractivity contribution is 14.1. The highest BCUT2D eigenvalue weighted by Crippen LogP contribution is 2.29. The monoisotopic (exact) mass is 653 g/mol. The number of ether oxygens (including phenoxy) is 2. The van der Waals surface area contributed by atoms with Gasteiger partial charge in [0.1, 0.15) is 24.9 Å². The van der Waals surface area contributed by atoms with Gasteiger partial charge in [0.05, 0.1) is 14.0 Å². The first-order valence-electron chi connectivity index (χ1n) is 11.4. The quantitative estimate of drug-likeness (QED) is 0.137. The van der Waals surface area contributed by atoms with Crippen molar-refractivity contribution in [1.82, 2.24) is 0 Å². The van der Waals surface area contributed by atoms with E-state index in [1.165, 1.54) is 44.2 Å². The average molecular weight is 653 g/mol. The molecule has 0 aliphatic heterocycles. The third kappa shape index (κ3) is 8.08. The number of benzene rings is 2. The van der Waals surface area contributed by atoms with Gasteiger partial charge in [-0.25, -0.2) is 4.79 Å². The van der Waals surface area contributed by atoms with Crippen LogP contribution in [-0.2, 0) is 23.8 Å². The van der Waals surface area contributed by atoms with Crippen LogP contribution in [0.1, 0.15) is 56.0 Å². The molecular weight excluding hydrogens is 625 g/mol. The second kappa shape index (κ2) is 13.0. The zero-order valence-corrected chi connectivity index (χ0v) is 23.7. The first kappa shape index (κ1) is 30.9. The van der Waals surface area contributed by atoms with E-state index in [-0.39, 0.29) is 29.4 Å². The summed E-state index contributed by atoms with van der Waals surface area (Å²) in [6.45, 7) is 6.27. The van der Waals surface area contributed by atoms with Gasteiger partial charge in [-0.2, -0.15) is 17.2 Å². The Hall–Kier alpha value is -2.32. The Bertz CT molecular complexity index is 1200. The number of halogens is 3. The van der Waals surface area contributed by atoms with Gasteiger partial charge in [0.15, 0.2) is 6.10 Å². The van der Waals surface area contributed by atoms with Gasteiger partial charge in [-0.3, -0.25) is 4.18 Å². The Morgan fingerprint density at radius 1 is 1.05 bits per heavy atom. The predicted octanol–water partition coefficient (Wildman–Crippen LogP) is 4.16. The van der Waals surface area contributed by atoms with Crippen LogP contribution in [0.2, 0.25) is 0 Å². The van der Waals surface area contributed by atoms with Crippen molar-refractivity contribution in [3.05, 3.63) is 57.2 Å². The Labute approximate surface area is 228 Å². The fraction of sp³-hybridized carbons (Fsp3) is 0.440. The standard InChI is InChI=1S/C25H29F2IO8S/c1-5-16(4)17-6-9-19(10-7-17)37(32,33)35-13-12-34-21-11-8-18(14-20(21)28)23(29)36-22(15(2)3)25(26,27)24(30)31/h6-11,14-16,22H,5,12-13H2,1-4H3,(H,30,31)/p-1. The van der Waals surface area contributed by atoms with Gasteiger partial charge in [0.25, 0.3) is 10.1 Å². The molecule has 0 aliphatic carbocycles. The lowest BCUT2D eigenvalue weighted by atomic mass is 9.99. The minimum Gasteiger partial charge on any atom is -0.544 e. The first-order chi connectivity index (χ1) is 17.2. The Morgan fingerprint density at radius 3 is 2.19 bits per heavy atom. The summed E-state index contributed by atoms with van der Waals surface area (Å²) >= 11 is 1.84. The van der Waals surface area contributed by atoms with Crippen molar-refractivity contribution in [1.29, 1.82) is 0 Å². The Kier molecular flexibility index (Phi) is 10.8. The van der Waals surface area contributed by atoms with Crippen LogP contribution in [0.3, 0.4) is 0 Å². The van der Waals surface area contributed by atoms with Gasteiger partial charge < -0.3 is 19.4 Å². The van der Waals surface area contributed by atoms with Gasteiger partial charge in [0.2, 0.25) is 0 Å². The average Bonchev–Trinajstić information content (AvgIpc) is 2.84. The van der Waals surface area contributed by atoms with Gasteiger partial charge in [-0.05, 0) is 76.7 Å². The van der Waals surface area contributed by atoms with Crippen molar-refractivity contribution < 1.29 is 45.6 Å². The predicted molar refractivity (Wildman–Crippen MR) is 137 cm³/mol. The van der Waals surface area contributed by atoms with Crippen LogP contribution in [0.15, 0.2) is 47.4 Å². The molecule has 0 heterocycles. The van der Waals surface area contributed by atoms with Crippen molar-refractivity contribution in [2.24, 2.45) is 5.92 Å². The van der Waals surface area contributed by atoms with Gasteiger partial charge in [0, 0.05) is 0 Å². The molecule has 2 rings (SSSR count). The SMILES string of the molecule is CCC(C)c1ccc(S(=O)(=O)OCCOc2ccc(C(=O)OC(C(C)C)C(F)(F)C(=O)[O-])cc2I)cc1. The molecule has 0 saturated heterocycles. The number of hydrogen-bond donors (Lipinski definition) is 0. The lowest BCUT2D eigenvalue weighted by Gasteiger charge is -2.30. The lowest BCUT2D eigenvalue weighted by molar-refractivity contribution is -0.337. The number of esters is 1. The van der Waals surface area contributed by atoms with Crippen LogP contribution in [0.5, 0.6) is 5.75 Å². The maximum absolute atomic E-state index is 13.9. The zero-order chi connectivity index (χ0) is 28.0. The minimum atomic E-state index is -4.36. The maximum atomic E-state index is 13.9. The number of hydrogen-bond acceptors (Lipinski definition) is 8. The second-order valence-corrected chi connectivity index (χ2v) is 11.4. The molecule has 2 unspecified atom stereocenters. The van der Waals surface area contributed by atoms with Crippen LogP contribution in [0, 0.1) is 9.49 Å². The van der Waals surface area contributed by atoms with Gasteiger partial charge in [-0.1, -0.05) is 39.8 Å². The normalized spacial score (nSPS) is 13.7. The molecule has 0 N–H and O–H groups in total. The molecule has 0 bridgehead atoms. The highest BCUT2D eigenvalue weighted by Gasteiger charge is 2.46. The fourth-order valence-electron chi connectivity index (χ4n) is 3.24. The van der Waals surface area contributed by atoms with Crippen molar-refractivity contribution in [2.45, 2.75) is 57.0 Å². The van der Waals surface area contributed by atoms with E-state index in [1.807, 2.05) is 36.4 Å². The summed E-state index contributed by atoms with van der Waals surface area (Å²) in [5.74, 6) is -8.54. The van der Waals surface area contributed by atoms with Crippen LogP contribution < -0.4 is 9.84 Å². The van der Waals surface area contributed by atoms with E-state index in [2.05, 4.69) is 0 Å². The van der Waals surface area contributed by atoms with E-state index < -0.39 is 40.0 Å². The number of carboxylic acids is 1. The largest absolute Gasteiger partial charge is 0.544 e. The zero-order valence-electron chi connectivity index (χ0n) is 20.7. The summed E-state index contributed by atoms with van der Waals surface area (Å²) in [4.78, 5) is 23.2. The molecule has 0 saturated carbocycles. The Balaban J connectivity index is 1.97. The van der Waals surface area contributed by atoms with Crippen molar-refractivity contribution in [3.63, 3.8) is 0 Å². The molecule has 37 heavy (non-hydrogen) atoms. The molecule has 0 aromatic heterocycles. The summed E-state index contributed by atoms with van der Waals surface area (Å²) in [5.41, 5.74) is 0.926. The molecular formula is C25H28F2IO8S-.